The first kappa shape index (κ1) is 16.8. The van der Waals surface area contributed by atoms with Gasteiger partial charge in [0.15, 0.2) is 0 Å². The molecule has 0 atom stereocenters. The first-order chi connectivity index (χ1) is 13.2. The minimum Gasteiger partial charge on any atom is -0.311 e. The Morgan fingerprint density at radius 3 is 2.15 bits per heavy atom. The summed E-state index contributed by atoms with van der Waals surface area (Å²) in [6.07, 6.45) is 2.77. The van der Waals surface area contributed by atoms with Crippen molar-refractivity contribution in [2.75, 3.05) is 4.90 Å². The minimum absolute atomic E-state index is 0.547. The van der Waals surface area contributed by atoms with Gasteiger partial charge in [-0.05, 0) is 58.2 Å². The second-order valence-electron chi connectivity index (χ2n) is 8.41. The lowest BCUT2D eigenvalue weighted by Gasteiger charge is -2.43. The van der Waals surface area contributed by atoms with E-state index in [9.17, 15) is 0 Å². The van der Waals surface area contributed by atoms with Gasteiger partial charge in [0.2, 0.25) is 0 Å². The Morgan fingerprint density at radius 1 is 0.741 bits per heavy atom. The van der Waals surface area contributed by atoms with Gasteiger partial charge in [0.1, 0.15) is 8.07 Å². The van der Waals surface area contributed by atoms with Crippen LogP contribution in [0.2, 0.25) is 12.1 Å². The van der Waals surface area contributed by atoms with Gasteiger partial charge in [-0.25, -0.2) is 0 Å². The van der Waals surface area contributed by atoms with E-state index in [1.807, 2.05) is 0 Å². The molecule has 3 aromatic carbocycles. The van der Waals surface area contributed by atoms with Crippen molar-refractivity contribution >= 4 is 35.5 Å². The molecule has 2 heterocycles. The molecule has 2 aliphatic rings. The Balaban J connectivity index is 1.83. The van der Waals surface area contributed by atoms with Crippen LogP contribution < -0.4 is 15.3 Å². The molecule has 0 bridgehead atoms. The lowest BCUT2D eigenvalue weighted by atomic mass is 10.0. The van der Waals surface area contributed by atoms with Gasteiger partial charge in [0.25, 0.3) is 0 Å². The molecule has 1 spiro atoms. The summed E-state index contributed by atoms with van der Waals surface area (Å²) in [4.78, 5) is 2.52. The molecule has 3 aromatic rings. The summed E-state index contributed by atoms with van der Waals surface area (Å²) < 4.78 is 0. The Labute approximate surface area is 163 Å². The van der Waals surface area contributed by atoms with Crippen molar-refractivity contribution in [3.8, 4) is 0 Å². The number of fused-ring (bicyclic) bond motifs is 4. The third-order valence-electron chi connectivity index (χ3n) is 6.58. The Morgan fingerprint density at radius 2 is 1.41 bits per heavy atom. The molecule has 1 saturated heterocycles. The zero-order valence-corrected chi connectivity index (χ0v) is 17.3. The molecule has 1 nitrogen and oxygen atoms in total. The summed E-state index contributed by atoms with van der Waals surface area (Å²) in [5.41, 5.74) is 5.58. The number of hydrogen-bond acceptors (Lipinski definition) is 1. The van der Waals surface area contributed by atoms with E-state index in [1.54, 1.807) is 10.4 Å². The molecule has 0 aliphatic carbocycles. The van der Waals surface area contributed by atoms with Gasteiger partial charge in [0.05, 0.1) is 0 Å². The van der Waals surface area contributed by atoms with Gasteiger partial charge in [-0.15, -0.1) is 0 Å². The summed E-state index contributed by atoms with van der Waals surface area (Å²) in [5.74, 6) is 0.547. The Kier molecular flexibility index (Phi) is 3.98. The van der Waals surface area contributed by atoms with Crippen LogP contribution in [-0.4, -0.2) is 8.07 Å². The SMILES string of the molecule is CC(C)c1ccc2c(c1)N(c1ccccc1)c1ccccc1[Si]21CCCC1. The third-order valence-corrected chi connectivity index (χ3v) is 11.9. The van der Waals surface area contributed by atoms with Crippen molar-refractivity contribution in [3.05, 3.63) is 78.4 Å². The van der Waals surface area contributed by atoms with E-state index in [0.29, 0.717) is 5.92 Å². The van der Waals surface area contributed by atoms with Crippen molar-refractivity contribution in [1.82, 2.24) is 0 Å². The summed E-state index contributed by atoms with van der Waals surface area (Å²) in [5, 5.41) is 3.31. The second kappa shape index (κ2) is 6.38. The van der Waals surface area contributed by atoms with E-state index in [4.69, 9.17) is 0 Å². The normalized spacial score (nSPS) is 17.2. The van der Waals surface area contributed by atoms with E-state index in [-0.39, 0.29) is 0 Å². The van der Waals surface area contributed by atoms with Gasteiger partial charge in [-0.1, -0.05) is 75.2 Å². The number of benzene rings is 3. The first-order valence-electron chi connectivity index (χ1n) is 10.3. The maximum atomic E-state index is 2.52. The quantitative estimate of drug-likeness (QED) is 0.505. The average molecular weight is 370 g/mol. The molecule has 5 rings (SSSR count). The van der Waals surface area contributed by atoms with Crippen LogP contribution in [0.3, 0.4) is 0 Å². The van der Waals surface area contributed by atoms with Crippen LogP contribution in [0.5, 0.6) is 0 Å². The van der Waals surface area contributed by atoms with E-state index >= 15 is 0 Å². The number of rotatable bonds is 2. The minimum atomic E-state index is -1.63. The molecule has 136 valence electrons. The van der Waals surface area contributed by atoms with E-state index < -0.39 is 8.07 Å². The maximum Gasteiger partial charge on any atom is 0.123 e. The number of hydrogen-bond donors (Lipinski definition) is 0. The van der Waals surface area contributed by atoms with Crippen molar-refractivity contribution in [2.24, 2.45) is 0 Å². The van der Waals surface area contributed by atoms with Gasteiger partial charge in [-0.2, -0.15) is 0 Å². The first-order valence-corrected chi connectivity index (χ1v) is 12.7. The largest absolute Gasteiger partial charge is 0.311 e. The van der Waals surface area contributed by atoms with Crippen LogP contribution in [0, 0.1) is 0 Å². The lowest BCUT2D eigenvalue weighted by molar-refractivity contribution is 0.867. The predicted octanol–water partition coefficient (Wildman–Crippen LogP) is 5.95. The van der Waals surface area contributed by atoms with Crippen molar-refractivity contribution < 1.29 is 0 Å². The van der Waals surface area contributed by atoms with Crippen LogP contribution in [0.4, 0.5) is 17.1 Å². The summed E-state index contributed by atoms with van der Waals surface area (Å²) >= 11 is 0. The molecule has 0 amide bonds. The van der Waals surface area contributed by atoms with Crippen LogP contribution in [-0.2, 0) is 0 Å². The number of nitrogens with zero attached hydrogens (tertiary/aromatic N) is 1. The molecule has 2 aliphatic heterocycles. The smallest absolute Gasteiger partial charge is 0.123 e. The molecule has 0 unspecified atom stereocenters. The molecule has 27 heavy (non-hydrogen) atoms. The average Bonchev–Trinajstić information content (AvgIpc) is 3.19. The van der Waals surface area contributed by atoms with Gasteiger partial charge < -0.3 is 4.90 Å². The highest BCUT2D eigenvalue weighted by Crippen LogP contribution is 2.43. The molecule has 0 aromatic heterocycles. The van der Waals surface area contributed by atoms with Crippen molar-refractivity contribution in [3.63, 3.8) is 0 Å². The van der Waals surface area contributed by atoms with E-state index in [1.165, 1.54) is 47.6 Å². The van der Waals surface area contributed by atoms with Crippen LogP contribution in [0.1, 0.15) is 38.2 Å². The molecular weight excluding hydrogens is 342 g/mol. The summed E-state index contributed by atoms with van der Waals surface area (Å²) in [7, 11) is -1.63. The third kappa shape index (κ3) is 2.50. The summed E-state index contributed by atoms with van der Waals surface area (Å²) in [6.45, 7) is 4.60. The van der Waals surface area contributed by atoms with E-state index in [2.05, 4.69) is 91.5 Å². The number of para-hydroxylation sites is 2. The maximum absolute atomic E-state index is 2.52. The summed E-state index contributed by atoms with van der Waals surface area (Å²) in [6, 6.07) is 30.3. The monoisotopic (exact) mass is 369 g/mol. The molecule has 1 fully saturated rings. The van der Waals surface area contributed by atoms with Crippen LogP contribution in [0.25, 0.3) is 0 Å². The van der Waals surface area contributed by atoms with Crippen LogP contribution >= 0.6 is 0 Å². The van der Waals surface area contributed by atoms with Crippen LogP contribution in [0.15, 0.2) is 72.8 Å². The standard InChI is InChI=1S/C25H27NSi/c1-19(2)20-14-15-25-23(18-20)26(21-10-4-3-5-11-21)22-12-6-7-13-24(22)27(25)16-8-9-17-27/h3-7,10-15,18-19H,8-9,16-17H2,1-2H3. The molecular formula is C25H27NSi. The van der Waals surface area contributed by atoms with Crippen molar-refractivity contribution in [1.29, 1.82) is 0 Å². The molecule has 0 radical (unpaired) electrons. The highest BCUT2D eigenvalue weighted by molar-refractivity contribution is 7.05. The zero-order chi connectivity index (χ0) is 18.4. The predicted molar refractivity (Wildman–Crippen MR) is 119 cm³/mol. The molecule has 0 saturated carbocycles. The molecule has 2 heteroatoms. The lowest BCUT2D eigenvalue weighted by Crippen LogP contribution is -2.61. The van der Waals surface area contributed by atoms with E-state index in [0.717, 1.165) is 0 Å². The second-order valence-corrected chi connectivity index (χ2v) is 12.7. The van der Waals surface area contributed by atoms with Gasteiger partial charge >= 0.3 is 0 Å². The Hall–Kier alpha value is -2.32. The fraction of sp³-hybridized carbons (Fsp3) is 0.280. The van der Waals surface area contributed by atoms with Gasteiger partial charge in [-0.3, -0.25) is 0 Å². The van der Waals surface area contributed by atoms with Crippen molar-refractivity contribution in [2.45, 2.75) is 44.7 Å². The number of anilines is 3. The molecule has 0 N–H and O–H groups in total. The fourth-order valence-electron chi connectivity index (χ4n) is 5.22. The topological polar surface area (TPSA) is 3.24 Å². The van der Waals surface area contributed by atoms with Gasteiger partial charge in [0, 0.05) is 17.1 Å². The fourth-order valence-corrected chi connectivity index (χ4v) is 10.7. The highest BCUT2D eigenvalue weighted by atomic mass is 28.3. The zero-order valence-electron chi connectivity index (χ0n) is 16.3. The Bertz CT molecular complexity index is 971. The highest BCUT2D eigenvalue weighted by Gasteiger charge is 2.47.